The number of aromatic nitrogens is 2. The van der Waals surface area contributed by atoms with Crippen molar-refractivity contribution >= 4 is 18.1 Å². The molecule has 0 atom stereocenters. The van der Waals surface area contributed by atoms with Gasteiger partial charge in [-0.1, -0.05) is 30.1 Å². The molecule has 0 saturated heterocycles. The van der Waals surface area contributed by atoms with Gasteiger partial charge in [0.2, 0.25) is 0 Å². The Balaban J connectivity index is 0.00000176. The number of aryl methyl sites for hydroxylation is 1. The molecule has 1 aromatic heterocycles. The molecule has 0 aliphatic heterocycles. The zero-order chi connectivity index (χ0) is 15.0. The summed E-state index contributed by atoms with van der Waals surface area (Å²) in [5.41, 5.74) is 6.59. The highest BCUT2D eigenvalue weighted by Crippen LogP contribution is 2.37. The van der Waals surface area contributed by atoms with E-state index in [-0.39, 0.29) is 24.0 Å². The van der Waals surface area contributed by atoms with Crippen molar-refractivity contribution in [3.63, 3.8) is 0 Å². The predicted molar refractivity (Wildman–Crippen MR) is 82.7 cm³/mol. The van der Waals surface area contributed by atoms with E-state index >= 15 is 0 Å². The second-order valence-corrected chi connectivity index (χ2v) is 5.51. The molecule has 3 rings (SSSR count). The Morgan fingerprint density at radius 2 is 2.05 bits per heavy atom. The van der Waals surface area contributed by atoms with Crippen LogP contribution >= 0.6 is 12.4 Å². The maximum Gasteiger partial charge on any atom is 0.285 e. The van der Waals surface area contributed by atoms with Crippen LogP contribution in [-0.4, -0.2) is 15.1 Å². The number of benzene rings is 1. The minimum Gasteiger partial charge on any atom is -0.334 e. The maximum atomic E-state index is 11.2. The fourth-order valence-electron chi connectivity index (χ4n) is 2.84. The Bertz CT molecular complexity index is 695. The van der Waals surface area contributed by atoms with E-state index in [1.807, 2.05) is 0 Å². The summed E-state index contributed by atoms with van der Waals surface area (Å²) in [6.07, 6.45) is 3.68. The molecule has 0 amide bonds. The van der Waals surface area contributed by atoms with Gasteiger partial charge in [-0.25, -0.2) is 0 Å². The van der Waals surface area contributed by atoms with E-state index in [0.29, 0.717) is 17.0 Å². The molecule has 1 aliphatic carbocycles. The van der Waals surface area contributed by atoms with E-state index < -0.39 is 10.5 Å². The normalized spacial score (nSPS) is 16.3. The van der Waals surface area contributed by atoms with Crippen LogP contribution in [0.25, 0.3) is 11.5 Å². The Morgan fingerprint density at radius 1 is 1.36 bits per heavy atom. The Kier molecular flexibility index (Phi) is 4.48. The molecule has 2 aromatic rings. The third-order valence-corrected chi connectivity index (χ3v) is 4.02. The average molecular weight is 325 g/mol. The molecule has 1 heterocycles. The molecule has 1 saturated carbocycles. The third kappa shape index (κ3) is 2.69. The first-order valence-corrected chi connectivity index (χ1v) is 6.89. The second-order valence-electron chi connectivity index (χ2n) is 5.51. The minimum atomic E-state index is -0.569. The van der Waals surface area contributed by atoms with Crippen molar-refractivity contribution in [2.45, 2.75) is 38.1 Å². The summed E-state index contributed by atoms with van der Waals surface area (Å²) in [7, 11) is 0. The molecule has 118 valence electrons. The lowest BCUT2D eigenvalue weighted by molar-refractivity contribution is -0.384. The van der Waals surface area contributed by atoms with Gasteiger partial charge in [-0.05, 0) is 25.8 Å². The van der Waals surface area contributed by atoms with Gasteiger partial charge in [0, 0.05) is 5.56 Å². The van der Waals surface area contributed by atoms with Crippen molar-refractivity contribution in [2.75, 3.05) is 0 Å². The summed E-state index contributed by atoms with van der Waals surface area (Å²) in [6.45, 7) is 1.68. The van der Waals surface area contributed by atoms with E-state index in [0.717, 1.165) is 25.7 Å². The van der Waals surface area contributed by atoms with E-state index in [4.69, 9.17) is 10.3 Å². The van der Waals surface area contributed by atoms with E-state index in [1.54, 1.807) is 25.1 Å². The van der Waals surface area contributed by atoms with Crippen molar-refractivity contribution in [1.29, 1.82) is 0 Å². The molecule has 22 heavy (non-hydrogen) atoms. The number of nitrogens with two attached hydrogens (primary N) is 1. The van der Waals surface area contributed by atoms with Crippen LogP contribution in [0.1, 0.15) is 37.1 Å². The minimum absolute atomic E-state index is 0. The van der Waals surface area contributed by atoms with Gasteiger partial charge in [0.05, 0.1) is 10.5 Å². The predicted octanol–water partition coefficient (Wildman–Crippen LogP) is 3.10. The van der Waals surface area contributed by atoms with E-state index in [9.17, 15) is 10.1 Å². The number of hydrogen-bond acceptors (Lipinski definition) is 6. The topological polar surface area (TPSA) is 108 Å². The molecule has 0 bridgehead atoms. The van der Waals surface area contributed by atoms with Gasteiger partial charge < -0.3 is 10.3 Å². The largest absolute Gasteiger partial charge is 0.334 e. The zero-order valence-electron chi connectivity index (χ0n) is 12.1. The highest BCUT2D eigenvalue weighted by atomic mass is 35.5. The molecular weight excluding hydrogens is 308 g/mol. The third-order valence-electron chi connectivity index (χ3n) is 4.02. The van der Waals surface area contributed by atoms with Crippen LogP contribution in [0.3, 0.4) is 0 Å². The monoisotopic (exact) mass is 324 g/mol. The quantitative estimate of drug-likeness (QED) is 0.686. The average Bonchev–Trinajstić information content (AvgIpc) is 3.07. The molecule has 0 radical (unpaired) electrons. The highest BCUT2D eigenvalue weighted by molar-refractivity contribution is 5.85. The Labute approximate surface area is 133 Å². The summed E-state index contributed by atoms with van der Waals surface area (Å²) < 4.78 is 5.23. The number of nitro groups is 1. The Morgan fingerprint density at radius 3 is 2.68 bits per heavy atom. The number of nitrogens with zero attached hydrogens (tertiary/aromatic N) is 3. The first-order chi connectivity index (χ1) is 10.0. The molecule has 1 aromatic carbocycles. The summed E-state index contributed by atoms with van der Waals surface area (Å²) in [6, 6.07) is 5.02. The number of rotatable bonds is 3. The molecule has 1 aliphatic rings. The molecular formula is C14H17ClN4O3. The number of para-hydroxylation sites is 1. The van der Waals surface area contributed by atoms with Crippen LogP contribution < -0.4 is 5.73 Å². The van der Waals surface area contributed by atoms with Gasteiger partial charge in [0.25, 0.3) is 11.6 Å². The lowest BCUT2D eigenvalue weighted by atomic mass is 9.98. The Hall–Kier alpha value is -1.99. The van der Waals surface area contributed by atoms with Gasteiger partial charge in [-0.2, -0.15) is 4.98 Å². The summed E-state index contributed by atoms with van der Waals surface area (Å²) in [5.74, 6) is 0.586. The van der Waals surface area contributed by atoms with Gasteiger partial charge in [0.1, 0.15) is 5.56 Å². The van der Waals surface area contributed by atoms with Gasteiger partial charge in [-0.3, -0.25) is 10.1 Å². The van der Waals surface area contributed by atoms with Gasteiger partial charge >= 0.3 is 0 Å². The van der Waals surface area contributed by atoms with Crippen LogP contribution in [0.4, 0.5) is 5.69 Å². The van der Waals surface area contributed by atoms with Gasteiger partial charge in [-0.15, -0.1) is 12.4 Å². The zero-order valence-corrected chi connectivity index (χ0v) is 12.9. The number of hydrogen-bond donors (Lipinski definition) is 1. The summed E-state index contributed by atoms with van der Waals surface area (Å²) in [4.78, 5) is 15.1. The molecule has 1 fully saturated rings. The van der Waals surface area contributed by atoms with Crippen LogP contribution in [0.15, 0.2) is 22.7 Å². The second kappa shape index (κ2) is 6.02. The standard InChI is InChI=1S/C14H16N4O3.ClH/c1-9-5-4-6-10(11(9)18(19)20)12-16-13(17-21-12)14(15)7-2-3-8-14;/h4-6H,2-3,7-8,15H2,1H3;1H. The summed E-state index contributed by atoms with van der Waals surface area (Å²) >= 11 is 0. The molecule has 2 N–H and O–H groups in total. The number of halogens is 1. The fraction of sp³-hybridized carbons (Fsp3) is 0.429. The summed E-state index contributed by atoms with van der Waals surface area (Å²) in [5, 5.41) is 15.2. The van der Waals surface area contributed by atoms with Crippen molar-refractivity contribution in [2.24, 2.45) is 5.73 Å². The van der Waals surface area contributed by atoms with Crippen molar-refractivity contribution < 1.29 is 9.45 Å². The van der Waals surface area contributed by atoms with Crippen molar-refractivity contribution in [3.05, 3.63) is 39.7 Å². The molecule has 7 nitrogen and oxygen atoms in total. The van der Waals surface area contributed by atoms with E-state index in [2.05, 4.69) is 10.1 Å². The fourth-order valence-corrected chi connectivity index (χ4v) is 2.84. The lowest BCUT2D eigenvalue weighted by Crippen LogP contribution is -2.34. The highest BCUT2D eigenvalue weighted by Gasteiger charge is 2.36. The van der Waals surface area contributed by atoms with Crippen LogP contribution in [0.2, 0.25) is 0 Å². The van der Waals surface area contributed by atoms with Crippen molar-refractivity contribution in [1.82, 2.24) is 10.1 Å². The molecule has 0 spiro atoms. The van der Waals surface area contributed by atoms with Crippen LogP contribution in [-0.2, 0) is 5.54 Å². The smallest absolute Gasteiger partial charge is 0.285 e. The van der Waals surface area contributed by atoms with Crippen LogP contribution in [0.5, 0.6) is 0 Å². The maximum absolute atomic E-state index is 11.2. The SMILES string of the molecule is Cc1cccc(-c2nc(C3(N)CCCC3)no2)c1[N+](=O)[O-].Cl. The number of nitro benzene ring substituents is 1. The first-order valence-electron chi connectivity index (χ1n) is 6.89. The molecule has 0 unspecified atom stereocenters. The van der Waals surface area contributed by atoms with Crippen LogP contribution in [0, 0.1) is 17.0 Å². The molecule has 8 heteroatoms. The van der Waals surface area contributed by atoms with E-state index in [1.165, 1.54) is 0 Å². The first kappa shape index (κ1) is 16.4. The van der Waals surface area contributed by atoms with Gasteiger partial charge in [0.15, 0.2) is 5.82 Å². The lowest BCUT2D eigenvalue weighted by Gasteiger charge is -2.17. The van der Waals surface area contributed by atoms with Crippen molar-refractivity contribution in [3.8, 4) is 11.5 Å².